The first-order valence-corrected chi connectivity index (χ1v) is 6.58. The second-order valence-electron chi connectivity index (χ2n) is 4.64. The molecule has 2 aromatic carbocycles. The van der Waals surface area contributed by atoms with Gasteiger partial charge in [-0.1, -0.05) is 30.3 Å². The molecule has 0 radical (unpaired) electrons. The van der Waals surface area contributed by atoms with Crippen LogP contribution < -0.4 is 10.1 Å². The average molecular weight is 295 g/mol. The second-order valence-corrected chi connectivity index (χ2v) is 4.64. The third-order valence-electron chi connectivity index (χ3n) is 3.16. The molecule has 1 atom stereocenters. The van der Waals surface area contributed by atoms with Crippen molar-refractivity contribution in [2.45, 2.75) is 26.1 Å². The maximum atomic E-state index is 12.9. The molecule has 0 spiro atoms. The van der Waals surface area contributed by atoms with Gasteiger partial charge < -0.3 is 10.1 Å². The van der Waals surface area contributed by atoms with Gasteiger partial charge in [0, 0.05) is 18.2 Å². The summed E-state index contributed by atoms with van der Waals surface area (Å²) in [6.07, 6.45) is 0. The van der Waals surface area contributed by atoms with Crippen LogP contribution in [0.5, 0.6) is 5.75 Å². The highest BCUT2D eigenvalue weighted by Crippen LogP contribution is 2.21. The zero-order chi connectivity index (χ0) is 15.2. The SMILES string of the molecule is C[C@@H](NCc1ccccc1OC(F)F)c1ccc(F)cc1. The van der Waals surface area contributed by atoms with Gasteiger partial charge in [-0.25, -0.2) is 4.39 Å². The predicted octanol–water partition coefficient (Wildman–Crippen LogP) is 4.28. The quantitative estimate of drug-likeness (QED) is 0.859. The molecule has 0 heterocycles. The van der Waals surface area contributed by atoms with Crippen LogP contribution in [0.4, 0.5) is 13.2 Å². The lowest BCUT2D eigenvalue weighted by Crippen LogP contribution is -2.19. The number of hydrogen-bond acceptors (Lipinski definition) is 2. The van der Waals surface area contributed by atoms with Crippen molar-refractivity contribution >= 4 is 0 Å². The lowest BCUT2D eigenvalue weighted by molar-refractivity contribution is -0.0505. The van der Waals surface area contributed by atoms with Crippen molar-refractivity contribution in [3.8, 4) is 5.75 Å². The summed E-state index contributed by atoms with van der Waals surface area (Å²) < 4.78 is 42.0. The highest BCUT2D eigenvalue weighted by Gasteiger charge is 2.10. The van der Waals surface area contributed by atoms with E-state index in [0.29, 0.717) is 12.1 Å². The Balaban J connectivity index is 2.01. The van der Waals surface area contributed by atoms with Gasteiger partial charge in [-0.15, -0.1) is 0 Å². The molecular weight excluding hydrogens is 279 g/mol. The number of benzene rings is 2. The molecular formula is C16H16F3NO. The van der Waals surface area contributed by atoms with Gasteiger partial charge in [-0.05, 0) is 30.7 Å². The molecule has 0 aromatic heterocycles. The van der Waals surface area contributed by atoms with Crippen LogP contribution in [0.1, 0.15) is 24.1 Å². The third kappa shape index (κ3) is 4.49. The van der Waals surface area contributed by atoms with Crippen LogP contribution in [0.3, 0.4) is 0 Å². The van der Waals surface area contributed by atoms with Crippen molar-refractivity contribution in [3.05, 3.63) is 65.5 Å². The highest BCUT2D eigenvalue weighted by molar-refractivity contribution is 5.33. The summed E-state index contributed by atoms with van der Waals surface area (Å²) in [6, 6.07) is 12.8. The lowest BCUT2D eigenvalue weighted by Gasteiger charge is -2.16. The van der Waals surface area contributed by atoms with Crippen LogP contribution in [-0.4, -0.2) is 6.61 Å². The number of hydrogen-bond donors (Lipinski definition) is 1. The summed E-state index contributed by atoms with van der Waals surface area (Å²) in [5.74, 6) is -0.132. The number of nitrogens with one attached hydrogen (secondary N) is 1. The van der Waals surface area contributed by atoms with Crippen LogP contribution in [0.15, 0.2) is 48.5 Å². The van der Waals surface area contributed by atoms with Crippen molar-refractivity contribution < 1.29 is 17.9 Å². The van der Waals surface area contributed by atoms with E-state index < -0.39 is 6.61 Å². The first-order valence-electron chi connectivity index (χ1n) is 6.58. The van der Waals surface area contributed by atoms with E-state index in [0.717, 1.165) is 5.56 Å². The molecule has 0 amide bonds. The topological polar surface area (TPSA) is 21.3 Å². The summed E-state index contributed by atoms with van der Waals surface area (Å²) in [7, 11) is 0. The summed E-state index contributed by atoms with van der Waals surface area (Å²) in [5.41, 5.74) is 1.57. The van der Waals surface area contributed by atoms with Crippen LogP contribution >= 0.6 is 0 Å². The molecule has 0 bridgehead atoms. The Kier molecular flexibility index (Phi) is 5.22. The molecule has 1 N–H and O–H groups in total. The minimum absolute atomic E-state index is 0.0368. The normalized spacial score (nSPS) is 12.4. The number of para-hydroxylation sites is 1. The van der Waals surface area contributed by atoms with E-state index in [1.54, 1.807) is 30.3 Å². The minimum Gasteiger partial charge on any atom is -0.434 e. The largest absolute Gasteiger partial charge is 0.434 e. The van der Waals surface area contributed by atoms with E-state index in [9.17, 15) is 13.2 Å². The van der Waals surface area contributed by atoms with Gasteiger partial charge in [0.2, 0.25) is 0 Å². The van der Waals surface area contributed by atoms with Crippen molar-refractivity contribution in [1.82, 2.24) is 5.32 Å². The molecule has 0 saturated carbocycles. The molecule has 0 aliphatic carbocycles. The minimum atomic E-state index is -2.85. The zero-order valence-corrected chi connectivity index (χ0v) is 11.5. The van der Waals surface area contributed by atoms with Gasteiger partial charge in [0.05, 0.1) is 0 Å². The van der Waals surface area contributed by atoms with E-state index >= 15 is 0 Å². The van der Waals surface area contributed by atoms with E-state index in [4.69, 9.17) is 0 Å². The van der Waals surface area contributed by atoms with Gasteiger partial charge in [0.1, 0.15) is 11.6 Å². The van der Waals surface area contributed by atoms with Crippen molar-refractivity contribution in [2.75, 3.05) is 0 Å². The molecule has 2 aromatic rings. The van der Waals surface area contributed by atoms with Gasteiger partial charge in [0.15, 0.2) is 0 Å². The number of ether oxygens (including phenoxy) is 1. The van der Waals surface area contributed by atoms with E-state index in [2.05, 4.69) is 10.1 Å². The van der Waals surface area contributed by atoms with Crippen LogP contribution in [-0.2, 0) is 6.54 Å². The Bertz CT molecular complexity index is 572. The van der Waals surface area contributed by atoms with Gasteiger partial charge in [0.25, 0.3) is 0 Å². The van der Waals surface area contributed by atoms with Crippen LogP contribution in [0.25, 0.3) is 0 Å². The molecule has 2 nitrogen and oxygen atoms in total. The fourth-order valence-corrected chi connectivity index (χ4v) is 1.99. The summed E-state index contributed by atoms with van der Waals surface area (Å²) in [4.78, 5) is 0. The molecule has 112 valence electrons. The van der Waals surface area contributed by atoms with Crippen molar-refractivity contribution in [1.29, 1.82) is 0 Å². The average Bonchev–Trinajstić information content (AvgIpc) is 2.46. The Hall–Kier alpha value is -2.01. The van der Waals surface area contributed by atoms with Crippen LogP contribution in [0, 0.1) is 5.82 Å². The highest BCUT2D eigenvalue weighted by atomic mass is 19.3. The second kappa shape index (κ2) is 7.13. The standard InChI is InChI=1S/C16H16F3NO/c1-11(12-6-8-14(17)9-7-12)20-10-13-4-2-3-5-15(13)21-16(18)19/h2-9,11,16,20H,10H2,1H3/t11-/m1/s1. The predicted molar refractivity (Wildman–Crippen MR) is 74.7 cm³/mol. The van der Waals surface area contributed by atoms with E-state index in [1.165, 1.54) is 18.2 Å². The molecule has 0 saturated heterocycles. The maximum Gasteiger partial charge on any atom is 0.387 e. The zero-order valence-electron chi connectivity index (χ0n) is 11.5. The first-order chi connectivity index (χ1) is 10.1. The number of halogens is 3. The number of alkyl halides is 2. The monoisotopic (exact) mass is 295 g/mol. The molecule has 5 heteroatoms. The Labute approximate surface area is 121 Å². The fourth-order valence-electron chi connectivity index (χ4n) is 1.99. The smallest absolute Gasteiger partial charge is 0.387 e. The lowest BCUT2D eigenvalue weighted by atomic mass is 10.1. The Morgan fingerprint density at radius 2 is 1.71 bits per heavy atom. The van der Waals surface area contributed by atoms with E-state index in [-0.39, 0.29) is 17.6 Å². The summed E-state index contributed by atoms with van der Waals surface area (Å²) in [6.45, 7) is -0.550. The first kappa shape index (κ1) is 15.4. The molecule has 0 aliphatic heterocycles. The summed E-state index contributed by atoms with van der Waals surface area (Å²) >= 11 is 0. The molecule has 21 heavy (non-hydrogen) atoms. The third-order valence-corrected chi connectivity index (χ3v) is 3.16. The van der Waals surface area contributed by atoms with Gasteiger partial charge >= 0.3 is 6.61 Å². The van der Waals surface area contributed by atoms with E-state index in [1.807, 2.05) is 6.92 Å². The van der Waals surface area contributed by atoms with Gasteiger partial charge in [-0.3, -0.25) is 0 Å². The van der Waals surface area contributed by atoms with Gasteiger partial charge in [-0.2, -0.15) is 8.78 Å². The molecule has 0 unspecified atom stereocenters. The van der Waals surface area contributed by atoms with Crippen LogP contribution in [0.2, 0.25) is 0 Å². The Morgan fingerprint density at radius 3 is 2.38 bits per heavy atom. The van der Waals surface area contributed by atoms with Crippen molar-refractivity contribution in [3.63, 3.8) is 0 Å². The maximum absolute atomic E-state index is 12.9. The molecule has 0 fully saturated rings. The number of rotatable bonds is 6. The molecule has 2 rings (SSSR count). The Morgan fingerprint density at radius 1 is 1.05 bits per heavy atom. The molecule has 0 aliphatic rings. The van der Waals surface area contributed by atoms with Crippen molar-refractivity contribution in [2.24, 2.45) is 0 Å². The summed E-state index contributed by atoms with van der Waals surface area (Å²) in [5, 5.41) is 3.20. The fraction of sp³-hybridized carbons (Fsp3) is 0.250.